The maximum Gasteiger partial charge on any atom is 0.186 e. The molecule has 3 heterocycles. The molecular formula is C18H24N2S. The van der Waals surface area contributed by atoms with Crippen molar-refractivity contribution in [3.8, 4) is 0 Å². The molecular weight excluding hydrogens is 276 g/mol. The second kappa shape index (κ2) is 4.70. The minimum atomic E-state index is 0.158. The van der Waals surface area contributed by atoms with Crippen LogP contribution in [0.15, 0.2) is 18.2 Å². The van der Waals surface area contributed by atoms with Gasteiger partial charge >= 0.3 is 0 Å². The van der Waals surface area contributed by atoms with Crippen molar-refractivity contribution in [2.24, 2.45) is 0 Å². The van der Waals surface area contributed by atoms with Crippen LogP contribution in [0.25, 0.3) is 10.2 Å². The second-order valence-corrected chi connectivity index (χ2v) is 8.63. The third-order valence-electron chi connectivity index (χ3n) is 5.13. The summed E-state index contributed by atoms with van der Waals surface area (Å²) in [6.07, 6.45) is 6.86. The summed E-state index contributed by atoms with van der Waals surface area (Å²) in [4.78, 5) is 7.74. The summed E-state index contributed by atoms with van der Waals surface area (Å²) in [5.74, 6) is 0. The predicted octanol–water partition coefficient (Wildman–Crippen LogP) is 5.12. The van der Waals surface area contributed by atoms with E-state index in [0.717, 1.165) is 12.1 Å². The van der Waals surface area contributed by atoms with Gasteiger partial charge in [0, 0.05) is 12.1 Å². The molecule has 4 rings (SSSR count). The van der Waals surface area contributed by atoms with E-state index in [-0.39, 0.29) is 5.41 Å². The standard InChI is InChI=1S/C18H24N2S/c1-18(2,3)14-8-5-9-15-16(14)19-17(21-15)20-12-6-4-7-13(20)11-10-12/h5,8-9,12-13H,4,6-7,10-11H2,1-3H3/t12-,13+. The van der Waals surface area contributed by atoms with Crippen molar-refractivity contribution in [1.82, 2.24) is 4.98 Å². The van der Waals surface area contributed by atoms with E-state index < -0.39 is 0 Å². The Bertz CT molecular complexity index is 651. The molecule has 3 heteroatoms. The molecule has 0 spiro atoms. The molecule has 0 N–H and O–H groups in total. The van der Waals surface area contributed by atoms with Gasteiger partial charge in [0.2, 0.25) is 0 Å². The maximum atomic E-state index is 5.09. The number of nitrogens with zero attached hydrogens (tertiary/aromatic N) is 2. The number of thiazole rings is 1. The molecule has 0 saturated carbocycles. The van der Waals surface area contributed by atoms with Crippen LogP contribution in [0.1, 0.15) is 58.4 Å². The van der Waals surface area contributed by atoms with E-state index in [1.807, 2.05) is 11.3 Å². The summed E-state index contributed by atoms with van der Waals surface area (Å²) in [5.41, 5.74) is 2.77. The molecule has 0 unspecified atom stereocenters. The average Bonchev–Trinajstić information content (AvgIpc) is 2.95. The molecule has 2 fully saturated rings. The predicted molar refractivity (Wildman–Crippen MR) is 91.5 cm³/mol. The van der Waals surface area contributed by atoms with Gasteiger partial charge in [-0.2, -0.15) is 0 Å². The van der Waals surface area contributed by atoms with Crippen LogP contribution in [0.4, 0.5) is 5.13 Å². The molecule has 2 atom stereocenters. The molecule has 2 bridgehead atoms. The van der Waals surface area contributed by atoms with Gasteiger partial charge in [0.1, 0.15) is 0 Å². The highest BCUT2D eigenvalue weighted by molar-refractivity contribution is 7.22. The first-order chi connectivity index (χ1) is 10.0. The monoisotopic (exact) mass is 300 g/mol. The van der Waals surface area contributed by atoms with Gasteiger partial charge in [0.25, 0.3) is 0 Å². The Morgan fingerprint density at radius 3 is 2.48 bits per heavy atom. The lowest BCUT2D eigenvalue weighted by Crippen LogP contribution is -2.39. The van der Waals surface area contributed by atoms with E-state index in [0.29, 0.717) is 0 Å². The van der Waals surface area contributed by atoms with Crippen molar-refractivity contribution >= 4 is 26.7 Å². The molecule has 2 aliphatic heterocycles. The molecule has 0 radical (unpaired) electrons. The van der Waals surface area contributed by atoms with Crippen LogP contribution in [0, 0.1) is 0 Å². The molecule has 21 heavy (non-hydrogen) atoms. The molecule has 0 aliphatic carbocycles. The highest BCUT2D eigenvalue weighted by Crippen LogP contribution is 2.43. The topological polar surface area (TPSA) is 16.1 Å². The fourth-order valence-electron chi connectivity index (χ4n) is 4.08. The Balaban J connectivity index is 1.81. The van der Waals surface area contributed by atoms with Crippen LogP contribution in [0.3, 0.4) is 0 Å². The number of benzene rings is 1. The molecule has 2 saturated heterocycles. The minimum Gasteiger partial charge on any atom is -0.342 e. The lowest BCUT2D eigenvalue weighted by Gasteiger charge is -2.34. The summed E-state index contributed by atoms with van der Waals surface area (Å²) in [5, 5.41) is 1.27. The fraction of sp³-hybridized carbons (Fsp3) is 0.611. The normalized spacial score (nSPS) is 25.8. The Morgan fingerprint density at radius 1 is 1.10 bits per heavy atom. The van der Waals surface area contributed by atoms with Crippen molar-refractivity contribution in [2.75, 3.05) is 4.90 Å². The van der Waals surface area contributed by atoms with Gasteiger partial charge in [-0.05, 0) is 49.1 Å². The summed E-state index contributed by atoms with van der Waals surface area (Å²) >= 11 is 1.90. The van der Waals surface area contributed by atoms with E-state index in [2.05, 4.69) is 43.9 Å². The van der Waals surface area contributed by atoms with Gasteiger partial charge in [-0.1, -0.05) is 44.2 Å². The highest BCUT2D eigenvalue weighted by Gasteiger charge is 2.38. The van der Waals surface area contributed by atoms with Gasteiger partial charge in [-0.3, -0.25) is 0 Å². The Labute approximate surface area is 131 Å². The van der Waals surface area contributed by atoms with Gasteiger partial charge < -0.3 is 4.90 Å². The summed E-state index contributed by atoms with van der Waals surface area (Å²) in [6, 6.07) is 8.18. The van der Waals surface area contributed by atoms with E-state index in [1.165, 1.54) is 53.0 Å². The number of anilines is 1. The highest BCUT2D eigenvalue weighted by atomic mass is 32.1. The number of rotatable bonds is 1. The lowest BCUT2D eigenvalue weighted by atomic mass is 9.86. The second-order valence-electron chi connectivity index (χ2n) is 7.62. The molecule has 2 nitrogen and oxygen atoms in total. The van der Waals surface area contributed by atoms with Crippen LogP contribution in [0.2, 0.25) is 0 Å². The van der Waals surface area contributed by atoms with Crippen LogP contribution in [-0.4, -0.2) is 17.1 Å². The third-order valence-corrected chi connectivity index (χ3v) is 6.17. The molecule has 2 aliphatic rings. The number of piperidine rings is 1. The van der Waals surface area contributed by atoms with Crippen molar-refractivity contribution in [3.63, 3.8) is 0 Å². The van der Waals surface area contributed by atoms with Crippen LogP contribution < -0.4 is 4.90 Å². The number of para-hydroxylation sites is 1. The maximum absolute atomic E-state index is 5.09. The van der Waals surface area contributed by atoms with Gasteiger partial charge in [-0.15, -0.1) is 0 Å². The Hall–Kier alpha value is -1.09. The van der Waals surface area contributed by atoms with Crippen molar-refractivity contribution in [1.29, 1.82) is 0 Å². The molecule has 112 valence electrons. The fourth-order valence-corrected chi connectivity index (χ4v) is 5.22. The van der Waals surface area contributed by atoms with Gasteiger partial charge in [0.15, 0.2) is 5.13 Å². The number of fused-ring (bicyclic) bond motifs is 3. The first-order valence-electron chi connectivity index (χ1n) is 8.22. The smallest absolute Gasteiger partial charge is 0.186 e. The van der Waals surface area contributed by atoms with Crippen LogP contribution in [-0.2, 0) is 5.41 Å². The Kier molecular flexibility index (Phi) is 3.04. The van der Waals surface area contributed by atoms with Gasteiger partial charge in [-0.25, -0.2) is 4.98 Å². The summed E-state index contributed by atoms with van der Waals surface area (Å²) in [6.45, 7) is 6.85. The van der Waals surface area contributed by atoms with Crippen molar-refractivity contribution in [2.45, 2.75) is 70.4 Å². The molecule has 0 amide bonds. The molecule has 1 aromatic heterocycles. The Morgan fingerprint density at radius 2 is 1.81 bits per heavy atom. The van der Waals surface area contributed by atoms with E-state index in [4.69, 9.17) is 4.98 Å². The zero-order valence-corrected chi connectivity index (χ0v) is 14.0. The number of hydrogen-bond donors (Lipinski definition) is 0. The average molecular weight is 300 g/mol. The summed E-state index contributed by atoms with van der Waals surface area (Å²) < 4.78 is 1.35. The number of aromatic nitrogens is 1. The molecule has 2 aromatic rings. The third kappa shape index (κ3) is 2.17. The van der Waals surface area contributed by atoms with E-state index >= 15 is 0 Å². The first kappa shape index (κ1) is 13.6. The minimum absolute atomic E-state index is 0.158. The van der Waals surface area contributed by atoms with E-state index in [1.54, 1.807) is 0 Å². The van der Waals surface area contributed by atoms with Crippen molar-refractivity contribution < 1.29 is 0 Å². The zero-order chi connectivity index (χ0) is 14.6. The largest absolute Gasteiger partial charge is 0.342 e. The first-order valence-corrected chi connectivity index (χ1v) is 9.04. The SMILES string of the molecule is CC(C)(C)c1cccc2sc(N3[C@@H]4CCC[C@H]3CC4)nc12. The molecule has 1 aromatic carbocycles. The van der Waals surface area contributed by atoms with Gasteiger partial charge in [0.05, 0.1) is 10.2 Å². The zero-order valence-electron chi connectivity index (χ0n) is 13.2. The quantitative estimate of drug-likeness (QED) is 0.727. The summed E-state index contributed by atoms with van der Waals surface area (Å²) in [7, 11) is 0. The van der Waals surface area contributed by atoms with Crippen molar-refractivity contribution in [3.05, 3.63) is 23.8 Å². The van der Waals surface area contributed by atoms with Crippen LogP contribution >= 0.6 is 11.3 Å². The van der Waals surface area contributed by atoms with Crippen LogP contribution in [0.5, 0.6) is 0 Å². The number of hydrogen-bond acceptors (Lipinski definition) is 3. The lowest BCUT2D eigenvalue weighted by molar-refractivity contribution is 0.468. The van der Waals surface area contributed by atoms with E-state index in [9.17, 15) is 0 Å².